The van der Waals surface area contributed by atoms with Crippen molar-refractivity contribution in [1.29, 1.82) is 0 Å². The van der Waals surface area contributed by atoms with Gasteiger partial charge in [-0.25, -0.2) is 0 Å². The Morgan fingerprint density at radius 3 is 2.22 bits per heavy atom. The van der Waals surface area contributed by atoms with Gasteiger partial charge in [0.15, 0.2) is 0 Å². The maximum absolute atomic E-state index is 9.80. The van der Waals surface area contributed by atoms with Crippen LogP contribution in [0.2, 0.25) is 10.0 Å². The van der Waals surface area contributed by atoms with Gasteiger partial charge in [-0.15, -0.1) is 0 Å². The molecule has 1 aromatic carbocycles. The molecular weight excluding hydrogens is 331 g/mol. The summed E-state index contributed by atoms with van der Waals surface area (Å²) in [4.78, 5) is 5.00. The average molecular weight is 355 g/mol. The van der Waals surface area contributed by atoms with Crippen molar-refractivity contribution < 1.29 is 5.11 Å². The summed E-state index contributed by atoms with van der Waals surface area (Å²) >= 11 is 12.5. The molecule has 2 aliphatic carbocycles. The Morgan fingerprint density at radius 2 is 1.57 bits per heavy atom. The molecule has 0 radical (unpaired) electrons. The van der Waals surface area contributed by atoms with Crippen LogP contribution in [0.15, 0.2) is 18.2 Å². The van der Waals surface area contributed by atoms with Crippen molar-refractivity contribution in [3.63, 3.8) is 0 Å². The maximum Gasteiger partial charge on any atom is 0.0825 e. The average Bonchev–Trinajstić information content (AvgIpc) is 3.07. The lowest BCUT2D eigenvalue weighted by Crippen LogP contribution is -2.50. The zero-order valence-electron chi connectivity index (χ0n) is 13.3. The molecule has 23 heavy (non-hydrogen) atoms. The minimum atomic E-state index is -0.0345. The third-order valence-electron chi connectivity index (χ3n) is 6.07. The molecule has 0 bridgehead atoms. The van der Waals surface area contributed by atoms with E-state index in [0.29, 0.717) is 10.0 Å². The standard InChI is InChI=1S/C18H24Cl2N2O/c19-16-2-1-3-17(18(16)20)22-6-4-21(5-7-22)14-8-12-10-15(23)11-13(12)9-14/h1-3,12-15,23H,4-11H2. The third-order valence-corrected chi connectivity index (χ3v) is 6.88. The summed E-state index contributed by atoms with van der Waals surface area (Å²) in [5, 5.41) is 11.1. The zero-order chi connectivity index (χ0) is 16.0. The molecule has 3 fully saturated rings. The number of anilines is 1. The van der Waals surface area contributed by atoms with Crippen LogP contribution in [0.5, 0.6) is 0 Å². The molecule has 2 unspecified atom stereocenters. The summed E-state index contributed by atoms with van der Waals surface area (Å²) < 4.78 is 0. The van der Waals surface area contributed by atoms with E-state index in [2.05, 4.69) is 15.9 Å². The highest BCUT2D eigenvalue weighted by Gasteiger charge is 2.43. The summed E-state index contributed by atoms with van der Waals surface area (Å²) in [6.45, 7) is 4.20. The van der Waals surface area contributed by atoms with E-state index in [4.69, 9.17) is 23.2 Å². The van der Waals surface area contributed by atoms with Gasteiger partial charge in [0.25, 0.3) is 0 Å². The van der Waals surface area contributed by atoms with E-state index in [1.165, 1.54) is 12.8 Å². The van der Waals surface area contributed by atoms with Gasteiger partial charge in [-0.05, 0) is 49.7 Å². The van der Waals surface area contributed by atoms with Crippen molar-refractivity contribution in [1.82, 2.24) is 4.90 Å². The van der Waals surface area contributed by atoms with Gasteiger partial charge < -0.3 is 10.0 Å². The van der Waals surface area contributed by atoms with Crippen LogP contribution in [-0.2, 0) is 0 Å². The Hall–Kier alpha value is -0.480. The minimum Gasteiger partial charge on any atom is -0.393 e. The number of nitrogens with zero attached hydrogens (tertiary/aromatic N) is 2. The van der Waals surface area contributed by atoms with Crippen LogP contribution in [0, 0.1) is 11.8 Å². The summed E-state index contributed by atoms with van der Waals surface area (Å²) in [7, 11) is 0. The molecule has 1 N–H and O–H groups in total. The molecule has 1 saturated heterocycles. The van der Waals surface area contributed by atoms with Crippen LogP contribution >= 0.6 is 23.2 Å². The molecule has 1 heterocycles. The number of hydrogen-bond donors (Lipinski definition) is 1. The molecule has 1 aliphatic heterocycles. The molecule has 0 spiro atoms. The number of aliphatic hydroxyl groups is 1. The fourth-order valence-corrected chi connectivity index (χ4v) is 5.33. The number of hydrogen-bond acceptors (Lipinski definition) is 3. The fraction of sp³-hybridized carbons (Fsp3) is 0.667. The normalized spacial score (nSPS) is 34.8. The summed E-state index contributed by atoms with van der Waals surface area (Å²) in [6.07, 6.45) is 4.57. The Balaban J connectivity index is 1.36. The van der Waals surface area contributed by atoms with E-state index in [0.717, 1.165) is 62.6 Å². The Morgan fingerprint density at radius 1 is 0.913 bits per heavy atom. The van der Waals surface area contributed by atoms with Gasteiger partial charge in [0.1, 0.15) is 0 Å². The number of fused-ring (bicyclic) bond motifs is 1. The predicted molar refractivity (Wildman–Crippen MR) is 95.5 cm³/mol. The maximum atomic E-state index is 9.80. The van der Waals surface area contributed by atoms with Gasteiger partial charge in [-0.2, -0.15) is 0 Å². The minimum absolute atomic E-state index is 0.0345. The first-order valence-electron chi connectivity index (χ1n) is 8.73. The first-order chi connectivity index (χ1) is 11.1. The number of rotatable bonds is 2. The van der Waals surface area contributed by atoms with Crippen molar-refractivity contribution in [2.75, 3.05) is 31.1 Å². The molecule has 2 atom stereocenters. The third kappa shape index (κ3) is 3.09. The predicted octanol–water partition coefficient (Wildman–Crippen LogP) is 3.66. The molecule has 5 heteroatoms. The van der Waals surface area contributed by atoms with Crippen LogP contribution in [0.3, 0.4) is 0 Å². The SMILES string of the molecule is OC1CC2CC(N3CCN(c4cccc(Cl)c4Cl)CC3)CC2C1. The van der Waals surface area contributed by atoms with Gasteiger partial charge in [-0.3, -0.25) is 4.90 Å². The quantitative estimate of drug-likeness (QED) is 0.877. The summed E-state index contributed by atoms with van der Waals surface area (Å²) in [5.41, 5.74) is 1.06. The van der Waals surface area contributed by atoms with E-state index >= 15 is 0 Å². The molecule has 3 aliphatic rings. The van der Waals surface area contributed by atoms with E-state index in [-0.39, 0.29) is 6.10 Å². The number of benzene rings is 1. The number of aliphatic hydroxyl groups excluding tert-OH is 1. The van der Waals surface area contributed by atoms with Gasteiger partial charge in [0, 0.05) is 32.2 Å². The van der Waals surface area contributed by atoms with Crippen LogP contribution in [0.25, 0.3) is 0 Å². The fourth-order valence-electron chi connectivity index (χ4n) is 4.92. The van der Waals surface area contributed by atoms with Crippen LogP contribution < -0.4 is 4.90 Å². The lowest BCUT2D eigenvalue weighted by Gasteiger charge is -2.39. The number of halogens is 2. The Bertz CT molecular complexity index is 560. The molecule has 126 valence electrons. The molecule has 3 nitrogen and oxygen atoms in total. The second-order valence-electron chi connectivity index (χ2n) is 7.37. The van der Waals surface area contributed by atoms with E-state index in [1.807, 2.05) is 12.1 Å². The molecule has 2 saturated carbocycles. The molecule has 1 aromatic rings. The lowest BCUT2D eigenvalue weighted by atomic mass is 10.0. The van der Waals surface area contributed by atoms with E-state index < -0.39 is 0 Å². The largest absolute Gasteiger partial charge is 0.393 e. The van der Waals surface area contributed by atoms with Gasteiger partial charge in [0.2, 0.25) is 0 Å². The topological polar surface area (TPSA) is 26.7 Å². The van der Waals surface area contributed by atoms with Crippen molar-refractivity contribution in [3.05, 3.63) is 28.2 Å². The molecular formula is C18H24Cl2N2O. The van der Waals surface area contributed by atoms with Crippen molar-refractivity contribution >= 4 is 28.9 Å². The molecule has 0 aromatic heterocycles. The number of piperazine rings is 1. The van der Waals surface area contributed by atoms with E-state index in [9.17, 15) is 5.11 Å². The van der Waals surface area contributed by atoms with E-state index in [1.54, 1.807) is 0 Å². The first-order valence-corrected chi connectivity index (χ1v) is 9.48. The molecule has 4 rings (SSSR count). The lowest BCUT2D eigenvalue weighted by molar-refractivity contribution is 0.147. The highest BCUT2D eigenvalue weighted by Crippen LogP contribution is 2.46. The summed E-state index contributed by atoms with van der Waals surface area (Å²) in [6, 6.07) is 6.59. The monoisotopic (exact) mass is 354 g/mol. The van der Waals surface area contributed by atoms with Gasteiger partial charge in [-0.1, -0.05) is 29.3 Å². The highest BCUT2D eigenvalue weighted by molar-refractivity contribution is 6.43. The Kier molecular flexibility index (Phi) is 4.48. The smallest absolute Gasteiger partial charge is 0.0825 e. The van der Waals surface area contributed by atoms with Crippen LogP contribution in [-0.4, -0.2) is 48.3 Å². The zero-order valence-corrected chi connectivity index (χ0v) is 14.8. The van der Waals surface area contributed by atoms with Gasteiger partial charge >= 0.3 is 0 Å². The second kappa shape index (κ2) is 6.44. The summed E-state index contributed by atoms with van der Waals surface area (Å²) in [5.74, 6) is 1.52. The van der Waals surface area contributed by atoms with Crippen LogP contribution in [0.4, 0.5) is 5.69 Å². The first kappa shape index (κ1) is 16.0. The van der Waals surface area contributed by atoms with Crippen molar-refractivity contribution in [3.8, 4) is 0 Å². The van der Waals surface area contributed by atoms with Gasteiger partial charge in [0.05, 0.1) is 21.8 Å². The second-order valence-corrected chi connectivity index (χ2v) is 8.15. The van der Waals surface area contributed by atoms with Crippen LogP contribution in [0.1, 0.15) is 25.7 Å². The Labute approximate surface area is 148 Å². The van der Waals surface area contributed by atoms with Crippen molar-refractivity contribution in [2.45, 2.75) is 37.8 Å². The van der Waals surface area contributed by atoms with Crippen molar-refractivity contribution in [2.24, 2.45) is 11.8 Å². The molecule has 0 amide bonds. The highest BCUT2D eigenvalue weighted by atomic mass is 35.5.